The standard InChI is InChI=1S/C14H24BrNO/c1-4-6-11(3)10-12(16-9-5-2)13-7-8-14(15)17-13/h7-8,11-12,16H,4-6,9-10H2,1-3H3. The van der Waals surface area contributed by atoms with Gasteiger partial charge in [0.05, 0.1) is 6.04 Å². The first-order valence-electron chi connectivity index (χ1n) is 6.66. The quantitative estimate of drug-likeness (QED) is 0.738. The highest BCUT2D eigenvalue weighted by molar-refractivity contribution is 9.10. The van der Waals surface area contributed by atoms with E-state index in [0.29, 0.717) is 6.04 Å². The van der Waals surface area contributed by atoms with Gasteiger partial charge in [0.2, 0.25) is 0 Å². The lowest BCUT2D eigenvalue weighted by Crippen LogP contribution is -2.23. The van der Waals surface area contributed by atoms with Crippen molar-refractivity contribution in [2.45, 2.75) is 52.5 Å². The summed E-state index contributed by atoms with van der Waals surface area (Å²) in [6, 6.07) is 4.39. The minimum absolute atomic E-state index is 0.350. The molecule has 0 aliphatic carbocycles. The predicted octanol–water partition coefficient (Wildman–Crippen LogP) is 4.91. The second kappa shape index (κ2) is 7.93. The lowest BCUT2D eigenvalue weighted by Gasteiger charge is -2.20. The molecule has 1 aromatic heterocycles. The van der Waals surface area contributed by atoms with E-state index in [1.165, 1.54) is 12.8 Å². The Morgan fingerprint density at radius 1 is 1.29 bits per heavy atom. The van der Waals surface area contributed by atoms with Crippen molar-refractivity contribution in [3.05, 3.63) is 22.6 Å². The highest BCUT2D eigenvalue weighted by Gasteiger charge is 2.17. The zero-order valence-corrected chi connectivity index (χ0v) is 12.7. The summed E-state index contributed by atoms with van der Waals surface area (Å²) >= 11 is 3.37. The molecule has 1 aromatic rings. The molecule has 0 aromatic carbocycles. The summed E-state index contributed by atoms with van der Waals surface area (Å²) in [5.41, 5.74) is 0. The first kappa shape index (κ1) is 14.8. The van der Waals surface area contributed by atoms with Crippen LogP contribution in [-0.4, -0.2) is 6.54 Å². The fraction of sp³-hybridized carbons (Fsp3) is 0.714. The molecule has 0 saturated heterocycles. The van der Waals surface area contributed by atoms with Crippen LogP contribution < -0.4 is 5.32 Å². The van der Waals surface area contributed by atoms with Crippen LogP contribution >= 0.6 is 15.9 Å². The Morgan fingerprint density at radius 3 is 2.59 bits per heavy atom. The fourth-order valence-corrected chi connectivity index (χ4v) is 2.47. The van der Waals surface area contributed by atoms with Gasteiger partial charge in [-0.05, 0) is 53.4 Å². The summed E-state index contributed by atoms with van der Waals surface area (Å²) < 4.78 is 6.49. The molecule has 0 aliphatic rings. The summed E-state index contributed by atoms with van der Waals surface area (Å²) in [5.74, 6) is 1.78. The highest BCUT2D eigenvalue weighted by Crippen LogP contribution is 2.27. The Bertz CT molecular complexity index is 311. The maximum Gasteiger partial charge on any atom is 0.169 e. The maximum atomic E-state index is 5.68. The number of nitrogens with one attached hydrogen (secondary N) is 1. The zero-order chi connectivity index (χ0) is 12.7. The minimum Gasteiger partial charge on any atom is -0.453 e. The van der Waals surface area contributed by atoms with Gasteiger partial charge >= 0.3 is 0 Å². The van der Waals surface area contributed by atoms with Crippen LogP contribution in [0.25, 0.3) is 0 Å². The van der Waals surface area contributed by atoms with Gasteiger partial charge in [-0.25, -0.2) is 0 Å². The number of furan rings is 1. The molecular formula is C14H24BrNO. The Labute approximate surface area is 113 Å². The van der Waals surface area contributed by atoms with Gasteiger partial charge in [-0.1, -0.05) is 33.6 Å². The van der Waals surface area contributed by atoms with Gasteiger partial charge in [-0.2, -0.15) is 0 Å². The zero-order valence-electron chi connectivity index (χ0n) is 11.1. The Balaban J connectivity index is 2.60. The van der Waals surface area contributed by atoms with Crippen LogP contribution in [0, 0.1) is 5.92 Å². The third-order valence-electron chi connectivity index (χ3n) is 3.00. The van der Waals surface area contributed by atoms with Gasteiger partial charge in [0.25, 0.3) is 0 Å². The summed E-state index contributed by atoms with van der Waals surface area (Å²) in [6.07, 6.45) is 4.84. The monoisotopic (exact) mass is 301 g/mol. The van der Waals surface area contributed by atoms with Crippen LogP contribution in [0.15, 0.2) is 21.2 Å². The molecule has 98 valence electrons. The third kappa shape index (κ3) is 5.26. The van der Waals surface area contributed by atoms with Crippen LogP contribution in [-0.2, 0) is 0 Å². The van der Waals surface area contributed by atoms with Crippen LogP contribution in [0.5, 0.6) is 0 Å². The minimum atomic E-state index is 0.350. The van der Waals surface area contributed by atoms with Gasteiger partial charge < -0.3 is 9.73 Å². The molecular weight excluding hydrogens is 278 g/mol. The van der Waals surface area contributed by atoms with Gasteiger partial charge in [-0.3, -0.25) is 0 Å². The first-order chi connectivity index (χ1) is 8.17. The van der Waals surface area contributed by atoms with E-state index in [1.54, 1.807) is 0 Å². The van der Waals surface area contributed by atoms with Crippen molar-refractivity contribution in [2.24, 2.45) is 5.92 Å². The van der Waals surface area contributed by atoms with E-state index in [9.17, 15) is 0 Å². The molecule has 3 heteroatoms. The molecule has 2 atom stereocenters. The van der Waals surface area contributed by atoms with E-state index in [2.05, 4.69) is 48.1 Å². The van der Waals surface area contributed by atoms with Crippen molar-refractivity contribution in [3.63, 3.8) is 0 Å². The summed E-state index contributed by atoms with van der Waals surface area (Å²) in [6.45, 7) is 7.80. The van der Waals surface area contributed by atoms with Gasteiger partial charge in [0.15, 0.2) is 4.67 Å². The number of halogens is 1. The molecule has 0 bridgehead atoms. The average Bonchev–Trinajstić information content (AvgIpc) is 2.71. The normalized spacial score (nSPS) is 14.8. The van der Waals surface area contributed by atoms with Crippen molar-refractivity contribution in [3.8, 4) is 0 Å². The Hall–Kier alpha value is -0.280. The van der Waals surface area contributed by atoms with Gasteiger partial charge in [-0.15, -0.1) is 0 Å². The van der Waals surface area contributed by atoms with Gasteiger partial charge in [0, 0.05) is 0 Å². The van der Waals surface area contributed by atoms with Crippen LogP contribution in [0.1, 0.15) is 58.3 Å². The molecule has 1 rings (SSSR count). The molecule has 1 N–H and O–H groups in total. The lowest BCUT2D eigenvalue weighted by atomic mass is 9.96. The molecule has 0 aliphatic heterocycles. The van der Waals surface area contributed by atoms with E-state index < -0.39 is 0 Å². The molecule has 0 fully saturated rings. The first-order valence-corrected chi connectivity index (χ1v) is 7.45. The average molecular weight is 302 g/mol. The SMILES string of the molecule is CCCNC(CC(C)CCC)c1ccc(Br)o1. The molecule has 2 unspecified atom stereocenters. The van der Waals surface area contributed by atoms with E-state index in [4.69, 9.17) is 4.42 Å². The van der Waals surface area contributed by atoms with E-state index >= 15 is 0 Å². The van der Waals surface area contributed by atoms with Crippen LogP contribution in [0.3, 0.4) is 0 Å². The molecule has 17 heavy (non-hydrogen) atoms. The smallest absolute Gasteiger partial charge is 0.169 e. The van der Waals surface area contributed by atoms with Crippen molar-refractivity contribution in [2.75, 3.05) is 6.54 Å². The Kier molecular flexibility index (Phi) is 6.90. The molecule has 0 amide bonds. The van der Waals surface area contributed by atoms with E-state index in [-0.39, 0.29) is 0 Å². The van der Waals surface area contributed by atoms with Gasteiger partial charge in [0.1, 0.15) is 5.76 Å². The van der Waals surface area contributed by atoms with E-state index in [1.807, 2.05) is 6.07 Å². The number of hydrogen-bond acceptors (Lipinski definition) is 2. The Morgan fingerprint density at radius 2 is 2.06 bits per heavy atom. The third-order valence-corrected chi connectivity index (χ3v) is 3.42. The molecule has 0 spiro atoms. The molecule has 0 saturated carbocycles. The summed E-state index contributed by atoms with van der Waals surface area (Å²) in [5, 5.41) is 3.57. The van der Waals surface area contributed by atoms with Crippen molar-refractivity contribution in [1.82, 2.24) is 5.32 Å². The van der Waals surface area contributed by atoms with Crippen molar-refractivity contribution in [1.29, 1.82) is 0 Å². The summed E-state index contributed by atoms with van der Waals surface area (Å²) in [7, 11) is 0. The van der Waals surface area contributed by atoms with E-state index in [0.717, 1.165) is 35.7 Å². The number of rotatable bonds is 8. The lowest BCUT2D eigenvalue weighted by molar-refractivity contribution is 0.336. The largest absolute Gasteiger partial charge is 0.453 e. The fourth-order valence-electron chi connectivity index (χ4n) is 2.15. The molecule has 1 heterocycles. The van der Waals surface area contributed by atoms with Crippen LogP contribution in [0.2, 0.25) is 0 Å². The van der Waals surface area contributed by atoms with Crippen LogP contribution in [0.4, 0.5) is 0 Å². The summed E-state index contributed by atoms with van der Waals surface area (Å²) in [4.78, 5) is 0. The number of hydrogen-bond donors (Lipinski definition) is 1. The predicted molar refractivity (Wildman–Crippen MR) is 76.1 cm³/mol. The second-order valence-corrected chi connectivity index (χ2v) is 5.56. The molecule has 2 nitrogen and oxygen atoms in total. The van der Waals surface area contributed by atoms with Crippen molar-refractivity contribution < 1.29 is 4.42 Å². The maximum absolute atomic E-state index is 5.68. The molecule has 0 radical (unpaired) electrons. The highest BCUT2D eigenvalue weighted by atomic mass is 79.9. The second-order valence-electron chi connectivity index (χ2n) is 4.78. The topological polar surface area (TPSA) is 25.2 Å². The van der Waals surface area contributed by atoms with Crippen molar-refractivity contribution >= 4 is 15.9 Å².